The summed E-state index contributed by atoms with van der Waals surface area (Å²) in [6.07, 6.45) is 4.84. The highest BCUT2D eigenvalue weighted by Gasteiger charge is 2.46. The summed E-state index contributed by atoms with van der Waals surface area (Å²) in [6, 6.07) is 11.8. The number of benzene rings is 1. The molecular weight excluding hydrogens is 298 g/mol. The summed E-state index contributed by atoms with van der Waals surface area (Å²) < 4.78 is 11.4. The van der Waals surface area contributed by atoms with Gasteiger partial charge in [0.1, 0.15) is 5.76 Å². The molecule has 3 nitrogen and oxygen atoms in total. The molecule has 0 amide bonds. The summed E-state index contributed by atoms with van der Waals surface area (Å²) in [4.78, 5) is 2.65. The summed E-state index contributed by atoms with van der Waals surface area (Å²) in [5, 5.41) is 0. The number of methoxy groups -OCH3 is 2. The molecule has 1 aromatic carbocycles. The van der Waals surface area contributed by atoms with Gasteiger partial charge in [-0.2, -0.15) is 0 Å². The average Bonchev–Trinajstić information content (AvgIpc) is 3.19. The van der Waals surface area contributed by atoms with Crippen molar-refractivity contribution in [2.75, 3.05) is 27.4 Å². The summed E-state index contributed by atoms with van der Waals surface area (Å²) in [5.41, 5.74) is 1.40. The van der Waals surface area contributed by atoms with Crippen LogP contribution in [0.5, 0.6) is 0 Å². The quantitative estimate of drug-likeness (QED) is 0.785. The number of nitrogens with zero attached hydrogens (tertiary/aromatic N) is 1. The predicted octanol–water partition coefficient (Wildman–Crippen LogP) is 4.07. The molecule has 4 atom stereocenters. The third-order valence-electron chi connectivity index (χ3n) is 5.74. The fourth-order valence-electron chi connectivity index (χ4n) is 4.71. The van der Waals surface area contributed by atoms with Crippen molar-refractivity contribution in [1.82, 2.24) is 4.90 Å². The lowest BCUT2D eigenvalue weighted by Gasteiger charge is -2.38. The van der Waals surface area contributed by atoms with Gasteiger partial charge in [-0.15, -0.1) is 0 Å². The summed E-state index contributed by atoms with van der Waals surface area (Å²) in [5.74, 6) is 2.70. The van der Waals surface area contributed by atoms with E-state index < -0.39 is 0 Å². The highest BCUT2D eigenvalue weighted by Crippen LogP contribution is 2.46. The molecule has 1 aliphatic carbocycles. The van der Waals surface area contributed by atoms with Crippen LogP contribution in [0.4, 0.5) is 0 Å². The largest absolute Gasteiger partial charge is 0.500 e. The topological polar surface area (TPSA) is 21.7 Å². The van der Waals surface area contributed by atoms with Crippen LogP contribution in [0.25, 0.3) is 0 Å². The van der Waals surface area contributed by atoms with E-state index in [2.05, 4.69) is 55.2 Å². The van der Waals surface area contributed by atoms with Crippen LogP contribution in [-0.2, 0) is 9.47 Å². The second-order valence-electron chi connectivity index (χ2n) is 7.47. The van der Waals surface area contributed by atoms with Crippen LogP contribution >= 0.6 is 0 Å². The number of ether oxygens (including phenoxy) is 2. The zero-order valence-corrected chi connectivity index (χ0v) is 15.4. The fourth-order valence-corrected chi connectivity index (χ4v) is 4.71. The van der Waals surface area contributed by atoms with Crippen molar-refractivity contribution < 1.29 is 9.47 Å². The van der Waals surface area contributed by atoms with Gasteiger partial charge in [0, 0.05) is 19.1 Å². The third kappa shape index (κ3) is 3.25. The Morgan fingerprint density at radius 1 is 1.17 bits per heavy atom. The number of likely N-dealkylation sites (tertiary alicyclic amines) is 1. The van der Waals surface area contributed by atoms with Gasteiger partial charge >= 0.3 is 0 Å². The van der Waals surface area contributed by atoms with Crippen LogP contribution in [-0.4, -0.2) is 44.4 Å². The van der Waals surface area contributed by atoms with Crippen molar-refractivity contribution in [3.63, 3.8) is 0 Å². The molecule has 132 valence electrons. The van der Waals surface area contributed by atoms with Crippen LogP contribution < -0.4 is 0 Å². The molecule has 3 heteroatoms. The average molecular weight is 329 g/mol. The standard InChI is InChI=1S/C21H31NO2/c1-15(2)20-18(16-9-6-5-7-10-16)13-19(24-4)21(20)22-12-8-11-17(22)14-23-3/h5-7,9-10,13,15,17-18,20-21H,8,11-12,14H2,1-4H3/t17-,18+,20+,21+/m0/s1. The summed E-state index contributed by atoms with van der Waals surface area (Å²) in [7, 11) is 3.63. The first-order chi connectivity index (χ1) is 11.7. The first-order valence-corrected chi connectivity index (χ1v) is 9.22. The Kier molecular flexibility index (Phi) is 5.62. The maximum atomic E-state index is 5.87. The van der Waals surface area contributed by atoms with Crippen molar-refractivity contribution in [2.45, 2.75) is 44.7 Å². The second-order valence-corrected chi connectivity index (χ2v) is 7.47. The van der Waals surface area contributed by atoms with E-state index >= 15 is 0 Å². The van der Waals surface area contributed by atoms with E-state index in [4.69, 9.17) is 9.47 Å². The minimum Gasteiger partial charge on any atom is -0.500 e. The molecule has 0 N–H and O–H groups in total. The van der Waals surface area contributed by atoms with Crippen LogP contribution in [0.2, 0.25) is 0 Å². The molecule has 3 rings (SSSR count). The van der Waals surface area contributed by atoms with E-state index in [1.807, 2.05) is 14.2 Å². The van der Waals surface area contributed by atoms with E-state index in [1.165, 1.54) is 18.4 Å². The van der Waals surface area contributed by atoms with E-state index in [0.717, 1.165) is 18.9 Å². The highest BCUT2D eigenvalue weighted by molar-refractivity contribution is 5.33. The van der Waals surface area contributed by atoms with Gasteiger partial charge in [-0.3, -0.25) is 4.90 Å². The minimum absolute atomic E-state index is 0.364. The molecule has 1 fully saturated rings. The van der Waals surface area contributed by atoms with E-state index in [1.54, 1.807) is 0 Å². The van der Waals surface area contributed by atoms with E-state index in [-0.39, 0.29) is 0 Å². The number of allylic oxidation sites excluding steroid dienone is 1. The molecule has 24 heavy (non-hydrogen) atoms. The van der Waals surface area contributed by atoms with Gasteiger partial charge in [-0.05, 0) is 42.9 Å². The lowest BCUT2D eigenvalue weighted by atomic mass is 9.78. The number of hydrogen-bond donors (Lipinski definition) is 0. The third-order valence-corrected chi connectivity index (χ3v) is 5.74. The zero-order valence-electron chi connectivity index (χ0n) is 15.4. The van der Waals surface area contributed by atoms with Gasteiger partial charge in [0.2, 0.25) is 0 Å². The molecular formula is C21H31NO2. The van der Waals surface area contributed by atoms with E-state index in [9.17, 15) is 0 Å². The van der Waals surface area contributed by atoms with Gasteiger partial charge in [-0.1, -0.05) is 44.2 Å². The Balaban J connectivity index is 1.94. The number of rotatable bonds is 6. The Bertz CT molecular complexity index is 554. The maximum absolute atomic E-state index is 5.87. The second kappa shape index (κ2) is 7.71. The highest BCUT2D eigenvalue weighted by atomic mass is 16.5. The molecule has 0 bridgehead atoms. The van der Waals surface area contributed by atoms with Crippen LogP contribution in [0.15, 0.2) is 42.2 Å². The SMILES string of the molecule is COC[C@@H]1CCCN1[C@@H]1C(OC)=C[C@H](c2ccccc2)[C@H]1C(C)C. The molecule has 0 saturated carbocycles. The molecule has 1 aliphatic heterocycles. The lowest BCUT2D eigenvalue weighted by molar-refractivity contribution is 0.0518. The van der Waals surface area contributed by atoms with Crippen LogP contribution in [0, 0.1) is 11.8 Å². The minimum atomic E-state index is 0.364. The van der Waals surface area contributed by atoms with Crippen LogP contribution in [0.3, 0.4) is 0 Å². The normalized spacial score (nSPS) is 30.8. The maximum Gasteiger partial charge on any atom is 0.110 e. The molecule has 2 aliphatic rings. The van der Waals surface area contributed by atoms with Gasteiger partial charge in [0.15, 0.2) is 0 Å². The summed E-state index contributed by atoms with van der Waals surface area (Å²) >= 11 is 0. The smallest absolute Gasteiger partial charge is 0.110 e. The van der Waals surface area contributed by atoms with Crippen molar-refractivity contribution in [2.24, 2.45) is 11.8 Å². The molecule has 0 radical (unpaired) electrons. The van der Waals surface area contributed by atoms with Crippen LogP contribution in [0.1, 0.15) is 38.2 Å². The van der Waals surface area contributed by atoms with Gasteiger partial charge < -0.3 is 9.47 Å². The Hall–Kier alpha value is -1.32. The molecule has 0 aromatic heterocycles. The van der Waals surface area contributed by atoms with Crippen molar-refractivity contribution in [1.29, 1.82) is 0 Å². The van der Waals surface area contributed by atoms with Crippen molar-refractivity contribution >= 4 is 0 Å². The van der Waals surface area contributed by atoms with Gasteiger partial charge in [0.25, 0.3) is 0 Å². The molecule has 1 aromatic rings. The Labute approximate surface area is 146 Å². The fraction of sp³-hybridized carbons (Fsp3) is 0.619. The summed E-state index contributed by atoms with van der Waals surface area (Å²) in [6.45, 7) is 6.65. The van der Waals surface area contributed by atoms with Gasteiger partial charge in [0.05, 0.1) is 19.8 Å². The lowest BCUT2D eigenvalue weighted by Crippen LogP contribution is -2.47. The molecule has 1 saturated heterocycles. The molecule has 0 unspecified atom stereocenters. The first kappa shape index (κ1) is 17.5. The predicted molar refractivity (Wildman–Crippen MR) is 98.0 cm³/mol. The monoisotopic (exact) mass is 329 g/mol. The Morgan fingerprint density at radius 2 is 1.92 bits per heavy atom. The molecule has 1 heterocycles. The van der Waals surface area contributed by atoms with Crippen molar-refractivity contribution in [3.8, 4) is 0 Å². The van der Waals surface area contributed by atoms with Gasteiger partial charge in [-0.25, -0.2) is 0 Å². The Morgan fingerprint density at radius 3 is 2.54 bits per heavy atom. The molecule has 0 spiro atoms. The first-order valence-electron chi connectivity index (χ1n) is 9.22. The zero-order chi connectivity index (χ0) is 17.1. The van der Waals surface area contributed by atoms with Crippen molar-refractivity contribution in [3.05, 3.63) is 47.7 Å². The number of hydrogen-bond acceptors (Lipinski definition) is 3. The van der Waals surface area contributed by atoms with E-state index in [0.29, 0.717) is 29.8 Å².